The first kappa shape index (κ1) is 19.7. The molecular weight excluding hydrogens is 316 g/mol. The Morgan fingerprint density at radius 3 is 2.33 bits per heavy atom. The van der Waals surface area contributed by atoms with E-state index in [2.05, 4.69) is 10.8 Å². The second-order valence-electron chi connectivity index (χ2n) is 6.02. The lowest BCUT2D eigenvalue weighted by Crippen LogP contribution is -2.48. The van der Waals surface area contributed by atoms with Gasteiger partial charge in [-0.3, -0.25) is 4.84 Å². The number of carboxylic acid groups (broad SMARTS) is 1. The molecule has 1 amide bonds. The fraction of sp³-hybridized carbons (Fsp3) is 0.500. The van der Waals surface area contributed by atoms with Crippen LogP contribution in [0.25, 0.3) is 0 Å². The van der Waals surface area contributed by atoms with Crippen LogP contribution in [-0.2, 0) is 21.0 Å². The van der Waals surface area contributed by atoms with Gasteiger partial charge in [0.2, 0.25) is 0 Å². The van der Waals surface area contributed by atoms with Gasteiger partial charge in [0.15, 0.2) is 0 Å². The quantitative estimate of drug-likeness (QED) is 0.488. The zero-order chi connectivity index (χ0) is 18.2. The van der Waals surface area contributed by atoms with Crippen molar-refractivity contribution in [3.63, 3.8) is 0 Å². The number of amides is 1. The highest BCUT2D eigenvalue weighted by Gasteiger charge is 2.23. The van der Waals surface area contributed by atoms with Gasteiger partial charge in [-0.15, -0.1) is 0 Å². The molecule has 1 rings (SSSR count). The van der Waals surface area contributed by atoms with Gasteiger partial charge in [0.05, 0.1) is 20.3 Å². The number of aliphatic carboxylic acids is 1. The maximum atomic E-state index is 11.6. The molecule has 0 aliphatic carbocycles. The van der Waals surface area contributed by atoms with Crippen molar-refractivity contribution in [3.05, 3.63) is 29.8 Å². The normalized spacial score (nSPS) is 12.3. The number of carbonyl (C=O) groups excluding carboxylic acids is 1. The van der Waals surface area contributed by atoms with Gasteiger partial charge in [0.1, 0.15) is 17.4 Å². The van der Waals surface area contributed by atoms with Gasteiger partial charge < -0.3 is 19.9 Å². The Bertz CT molecular complexity index is 538. The van der Waals surface area contributed by atoms with Crippen LogP contribution in [0.1, 0.15) is 26.3 Å². The van der Waals surface area contributed by atoms with Gasteiger partial charge in [-0.05, 0) is 38.5 Å². The van der Waals surface area contributed by atoms with Gasteiger partial charge in [0, 0.05) is 0 Å². The molecule has 0 aliphatic rings. The van der Waals surface area contributed by atoms with E-state index >= 15 is 0 Å². The Labute approximate surface area is 141 Å². The van der Waals surface area contributed by atoms with Crippen LogP contribution in [0.15, 0.2) is 24.3 Å². The molecule has 1 aromatic rings. The summed E-state index contributed by atoms with van der Waals surface area (Å²) in [6.45, 7) is 5.21. The van der Waals surface area contributed by atoms with E-state index in [4.69, 9.17) is 19.4 Å². The predicted molar refractivity (Wildman–Crippen MR) is 86.6 cm³/mol. The van der Waals surface area contributed by atoms with E-state index in [1.165, 1.54) is 0 Å². The van der Waals surface area contributed by atoms with E-state index in [9.17, 15) is 9.59 Å². The lowest BCUT2D eigenvalue weighted by atomic mass is 10.2. The number of rotatable bonds is 8. The Hall–Kier alpha value is -2.32. The van der Waals surface area contributed by atoms with Crippen LogP contribution in [0, 0.1) is 0 Å². The van der Waals surface area contributed by atoms with Crippen molar-refractivity contribution in [2.75, 3.05) is 13.7 Å². The highest BCUT2D eigenvalue weighted by Crippen LogP contribution is 2.11. The molecule has 0 saturated carbocycles. The lowest BCUT2D eigenvalue weighted by molar-refractivity contribution is -0.140. The number of nitrogens with one attached hydrogen (secondary N) is 2. The minimum absolute atomic E-state index is 0.106. The topological polar surface area (TPSA) is 106 Å². The van der Waals surface area contributed by atoms with Crippen LogP contribution in [0.3, 0.4) is 0 Å². The van der Waals surface area contributed by atoms with E-state index in [1.807, 2.05) is 12.1 Å². The molecule has 24 heavy (non-hydrogen) atoms. The summed E-state index contributed by atoms with van der Waals surface area (Å²) in [7, 11) is 1.58. The molecule has 1 aromatic carbocycles. The predicted octanol–water partition coefficient (Wildman–Crippen LogP) is 1.69. The number of carbonyl (C=O) groups is 2. The molecule has 134 valence electrons. The maximum absolute atomic E-state index is 11.6. The van der Waals surface area contributed by atoms with E-state index in [1.54, 1.807) is 40.0 Å². The van der Waals surface area contributed by atoms with Crippen molar-refractivity contribution in [2.45, 2.75) is 39.0 Å². The number of methoxy groups -OCH3 is 1. The zero-order valence-corrected chi connectivity index (χ0v) is 14.3. The third-order valence-corrected chi connectivity index (χ3v) is 2.78. The molecule has 8 heteroatoms. The average Bonchev–Trinajstić information content (AvgIpc) is 2.48. The van der Waals surface area contributed by atoms with Crippen LogP contribution in [0.2, 0.25) is 0 Å². The second kappa shape index (κ2) is 9.09. The van der Waals surface area contributed by atoms with E-state index in [0.717, 1.165) is 11.3 Å². The molecular formula is C16H24N2O6. The zero-order valence-electron chi connectivity index (χ0n) is 14.3. The van der Waals surface area contributed by atoms with E-state index in [0.29, 0.717) is 0 Å². The lowest BCUT2D eigenvalue weighted by Gasteiger charge is -2.22. The minimum atomic E-state index is -1.19. The molecule has 0 bridgehead atoms. The molecule has 1 atom stereocenters. The fourth-order valence-corrected chi connectivity index (χ4v) is 1.65. The van der Waals surface area contributed by atoms with Gasteiger partial charge in [-0.25, -0.2) is 9.59 Å². The number of carboxylic acids is 1. The standard InChI is InChI=1S/C16H24N2O6/c1-16(2,3)24-15(21)18-13(14(19)20)9-17-23-10-11-5-7-12(22-4)8-6-11/h5-8,13,17H,9-10H2,1-4H3,(H,18,21)(H,19,20)/t13-/m0/s1. The molecule has 0 radical (unpaired) electrons. The average molecular weight is 340 g/mol. The number of hydrogen-bond donors (Lipinski definition) is 3. The highest BCUT2D eigenvalue weighted by molar-refractivity contribution is 5.80. The van der Waals surface area contributed by atoms with Crippen molar-refractivity contribution < 1.29 is 29.0 Å². The highest BCUT2D eigenvalue weighted by atomic mass is 16.6. The Morgan fingerprint density at radius 2 is 1.83 bits per heavy atom. The maximum Gasteiger partial charge on any atom is 0.408 e. The molecule has 0 aromatic heterocycles. The molecule has 0 heterocycles. The van der Waals surface area contributed by atoms with E-state index in [-0.39, 0.29) is 13.2 Å². The van der Waals surface area contributed by atoms with Gasteiger partial charge in [0.25, 0.3) is 0 Å². The van der Waals surface area contributed by atoms with Crippen LogP contribution < -0.4 is 15.5 Å². The number of benzene rings is 1. The van der Waals surface area contributed by atoms with Crippen LogP contribution in [-0.4, -0.2) is 42.5 Å². The van der Waals surface area contributed by atoms with Crippen LogP contribution in [0.5, 0.6) is 5.75 Å². The first-order chi connectivity index (χ1) is 11.2. The fourth-order valence-electron chi connectivity index (χ4n) is 1.65. The first-order valence-electron chi connectivity index (χ1n) is 7.41. The van der Waals surface area contributed by atoms with Gasteiger partial charge in [-0.1, -0.05) is 12.1 Å². The third kappa shape index (κ3) is 7.80. The number of alkyl carbamates (subject to hydrolysis) is 1. The molecule has 0 spiro atoms. The summed E-state index contributed by atoms with van der Waals surface area (Å²) in [4.78, 5) is 28.0. The summed E-state index contributed by atoms with van der Waals surface area (Å²) in [6.07, 6.45) is -0.799. The summed E-state index contributed by atoms with van der Waals surface area (Å²) in [5.74, 6) is -0.458. The minimum Gasteiger partial charge on any atom is -0.497 e. The van der Waals surface area contributed by atoms with Crippen molar-refractivity contribution >= 4 is 12.1 Å². The number of ether oxygens (including phenoxy) is 2. The van der Waals surface area contributed by atoms with Crippen LogP contribution >= 0.6 is 0 Å². The van der Waals surface area contributed by atoms with Gasteiger partial charge >= 0.3 is 12.1 Å². The van der Waals surface area contributed by atoms with Gasteiger partial charge in [-0.2, -0.15) is 5.48 Å². The number of hydrogen-bond acceptors (Lipinski definition) is 6. The van der Waals surface area contributed by atoms with Crippen LogP contribution in [0.4, 0.5) is 4.79 Å². The SMILES string of the molecule is COc1ccc(CONC[C@H](NC(=O)OC(C)(C)C)C(=O)O)cc1. The molecule has 0 fully saturated rings. The first-order valence-corrected chi connectivity index (χ1v) is 7.41. The monoisotopic (exact) mass is 340 g/mol. The molecule has 0 unspecified atom stereocenters. The Morgan fingerprint density at radius 1 is 1.21 bits per heavy atom. The van der Waals surface area contributed by atoms with Crippen molar-refractivity contribution in [1.29, 1.82) is 0 Å². The molecule has 8 nitrogen and oxygen atoms in total. The molecule has 3 N–H and O–H groups in total. The second-order valence-corrected chi connectivity index (χ2v) is 6.02. The summed E-state index contributed by atoms with van der Waals surface area (Å²) >= 11 is 0. The summed E-state index contributed by atoms with van der Waals surface area (Å²) in [5.41, 5.74) is 2.71. The van der Waals surface area contributed by atoms with E-state index < -0.39 is 23.7 Å². The largest absolute Gasteiger partial charge is 0.497 e. The van der Waals surface area contributed by atoms with Crippen molar-refractivity contribution in [1.82, 2.24) is 10.8 Å². The smallest absolute Gasteiger partial charge is 0.408 e. The van der Waals surface area contributed by atoms with Crippen molar-refractivity contribution in [3.8, 4) is 5.75 Å². The Kier molecular flexibility index (Phi) is 7.47. The number of hydroxylamine groups is 1. The summed E-state index contributed by atoms with van der Waals surface area (Å²) in [5, 5.41) is 11.4. The third-order valence-electron chi connectivity index (χ3n) is 2.78. The molecule has 0 aliphatic heterocycles. The van der Waals surface area contributed by atoms with Crippen molar-refractivity contribution in [2.24, 2.45) is 0 Å². The summed E-state index contributed by atoms with van der Waals surface area (Å²) < 4.78 is 10.1. The Balaban J connectivity index is 2.38. The molecule has 0 saturated heterocycles. The summed E-state index contributed by atoms with van der Waals surface area (Å²) in [6, 6.07) is 6.07.